The molecule has 0 N–H and O–H groups in total. The standard InChI is InChI=1S/C17H29ClO/c18-15-12-16(17(15)10-6-1-2-7-11-17)19-13-14-8-4-3-5-9-14/h14-16H,1-13H2. The van der Waals surface area contributed by atoms with Crippen LogP contribution < -0.4 is 0 Å². The molecule has 1 spiro atoms. The van der Waals surface area contributed by atoms with Crippen molar-refractivity contribution in [2.24, 2.45) is 11.3 Å². The van der Waals surface area contributed by atoms with E-state index < -0.39 is 0 Å². The Balaban J connectivity index is 1.52. The molecule has 0 bridgehead atoms. The monoisotopic (exact) mass is 284 g/mol. The third-order valence-corrected chi connectivity index (χ3v) is 6.59. The molecule has 110 valence electrons. The smallest absolute Gasteiger partial charge is 0.0659 e. The highest BCUT2D eigenvalue weighted by molar-refractivity contribution is 6.21. The quantitative estimate of drug-likeness (QED) is 0.639. The first-order valence-electron chi connectivity index (χ1n) is 8.57. The van der Waals surface area contributed by atoms with Crippen LogP contribution in [0.1, 0.15) is 77.0 Å². The summed E-state index contributed by atoms with van der Waals surface area (Å²) in [5.74, 6) is 0.839. The second-order valence-electron chi connectivity index (χ2n) is 7.18. The van der Waals surface area contributed by atoms with Gasteiger partial charge in [0, 0.05) is 17.4 Å². The van der Waals surface area contributed by atoms with Gasteiger partial charge in [-0.15, -0.1) is 11.6 Å². The largest absolute Gasteiger partial charge is 0.377 e. The number of ether oxygens (including phenoxy) is 1. The molecular formula is C17H29ClO. The highest BCUT2D eigenvalue weighted by Crippen LogP contribution is 2.55. The fraction of sp³-hybridized carbons (Fsp3) is 1.00. The Labute approximate surface area is 123 Å². The zero-order valence-electron chi connectivity index (χ0n) is 12.2. The summed E-state index contributed by atoms with van der Waals surface area (Å²) in [5.41, 5.74) is 0.354. The summed E-state index contributed by atoms with van der Waals surface area (Å²) in [6, 6.07) is 0. The van der Waals surface area contributed by atoms with E-state index in [0.717, 1.165) is 18.9 Å². The second-order valence-corrected chi connectivity index (χ2v) is 7.70. The lowest BCUT2D eigenvalue weighted by molar-refractivity contribution is -0.125. The molecule has 2 atom stereocenters. The van der Waals surface area contributed by atoms with Gasteiger partial charge in [-0.05, 0) is 38.0 Å². The molecule has 0 saturated heterocycles. The van der Waals surface area contributed by atoms with Gasteiger partial charge in [0.1, 0.15) is 0 Å². The van der Waals surface area contributed by atoms with Crippen LogP contribution in [0.2, 0.25) is 0 Å². The van der Waals surface area contributed by atoms with E-state index in [9.17, 15) is 0 Å². The van der Waals surface area contributed by atoms with Crippen LogP contribution in [0.5, 0.6) is 0 Å². The van der Waals surface area contributed by atoms with Crippen molar-refractivity contribution < 1.29 is 4.74 Å². The molecule has 2 heteroatoms. The van der Waals surface area contributed by atoms with E-state index in [2.05, 4.69) is 0 Å². The summed E-state index contributed by atoms with van der Waals surface area (Å²) in [6.45, 7) is 1.01. The highest BCUT2D eigenvalue weighted by Gasteiger charge is 2.54. The summed E-state index contributed by atoms with van der Waals surface area (Å²) >= 11 is 6.59. The van der Waals surface area contributed by atoms with Gasteiger partial charge in [-0.25, -0.2) is 0 Å². The molecule has 3 saturated carbocycles. The SMILES string of the molecule is ClC1CC(OCC2CCCCC2)C12CCCCCC2. The second kappa shape index (κ2) is 6.35. The lowest BCUT2D eigenvalue weighted by Gasteiger charge is -2.53. The van der Waals surface area contributed by atoms with Crippen LogP contribution in [-0.2, 0) is 4.74 Å². The summed E-state index contributed by atoms with van der Waals surface area (Å²) in [6.07, 6.45) is 16.8. The van der Waals surface area contributed by atoms with Crippen LogP contribution in [0.15, 0.2) is 0 Å². The molecule has 3 aliphatic carbocycles. The van der Waals surface area contributed by atoms with E-state index in [1.54, 1.807) is 0 Å². The number of hydrogen-bond acceptors (Lipinski definition) is 1. The summed E-state index contributed by atoms with van der Waals surface area (Å²) in [4.78, 5) is 0. The highest BCUT2D eigenvalue weighted by atomic mass is 35.5. The Morgan fingerprint density at radius 2 is 1.53 bits per heavy atom. The van der Waals surface area contributed by atoms with Crippen LogP contribution in [0.25, 0.3) is 0 Å². The van der Waals surface area contributed by atoms with Crippen molar-refractivity contribution in [3.05, 3.63) is 0 Å². The molecule has 0 aliphatic heterocycles. The lowest BCUT2D eigenvalue weighted by atomic mass is 9.61. The molecule has 0 heterocycles. The molecule has 19 heavy (non-hydrogen) atoms. The minimum atomic E-state index is 0.354. The summed E-state index contributed by atoms with van der Waals surface area (Å²) in [5, 5.41) is 0.391. The Kier molecular flexibility index (Phi) is 4.74. The number of hydrogen-bond donors (Lipinski definition) is 0. The van der Waals surface area contributed by atoms with Crippen molar-refractivity contribution >= 4 is 11.6 Å². The molecule has 3 rings (SSSR count). The van der Waals surface area contributed by atoms with Crippen LogP contribution >= 0.6 is 11.6 Å². The van der Waals surface area contributed by atoms with Crippen LogP contribution in [0.3, 0.4) is 0 Å². The topological polar surface area (TPSA) is 9.23 Å². The molecule has 0 aromatic heterocycles. The average molecular weight is 285 g/mol. The van der Waals surface area contributed by atoms with Crippen molar-refractivity contribution in [2.45, 2.75) is 88.5 Å². The van der Waals surface area contributed by atoms with Gasteiger partial charge in [0.15, 0.2) is 0 Å². The predicted molar refractivity (Wildman–Crippen MR) is 80.7 cm³/mol. The summed E-state index contributed by atoms with van der Waals surface area (Å²) in [7, 11) is 0. The van der Waals surface area contributed by atoms with Crippen molar-refractivity contribution in [1.29, 1.82) is 0 Å². The zero-order valence-corrected chi connectivity index (χ0v) is 13.0. The van der Waals surface area contributed by atoms with Gasteiger partial charge in [0.05, 0.1) is 6.10 Å². The Bertz CT molecular complexity index is 277. The van der Waals surface area contributed by atoms with Crippen molar-refractivity contribution in [1.82, 2.24) is 0 Å². The minimum Gasteiger partial charge on any atom is -0.377 e. The van der Waals surface area contributed by atoms with E-state index >= 15 is 0 Å². The molecular weight excluding hydrogens is 256 g/mol. The maximum Gasteiger partial charge on any atom is 0.0659 e. The van der Waals surface area contributed by atoms with Gasteiger partial charge in [-0.3, -0.25) is 0 Å². The Morgan fingerprint density at radius 1 is 0.895 bits per heavy atom. The third kappa shape index (κ3) is 2.97. The maximum atomic E-state index is 6.59. The van der Waals surface area contributed by atoms with Crippen LogP contribution in [0.4, 0.5) is 0 Å². The van der Waals surface area contributed by atoms with Gasteiger partial charge in [0.25, 0.3) is 0 Å². The maximum absolute atomic E-state index is 6.59. The fourth-order valence-electron chi connectivity index (χ4n) is 4.56. The van der Waals surface area contributed by atoms with Gasteiger partial charge in [0.2, 0.25) is 0 Å². The molecule has 3 aliphatic rings. The van der Waals surface area contributed by atoms with Gasteiger partial charge >= 0.3 is 0 Å². The third-order valence-electron chi connectivity index (χ3n) is 5.98. The molecule has 1 nitrogen and oxygen atoms in total. The van der Waals surface area contributed by atoms with Gasteiger partial charge in [-0.1, -0.05) is 44.9 Å². The molecule has 0 radical (unpaired) electrons. The first kappa shape index (κ1) is 14.2. The Morgan fingerprint density at radius 3 is 2.16 bits per heavy atom. The molecule has 2 unspecified atom stereocenters. The van der Waals surface area contributed by atoms with Crippen molar-refractivity contribution in [3.8, 4) is 0 Å². The lowest BCUT2D eigenvalue weighted by Crippen LogP contribution is -2.55. The molecule has 0 aromatic carbocycles. The molecule has 3 fully saturated rings. The van der Waals surface area contributed by atoms with E-state index in [0.29, 0.717) is 16.9 Å². The zero-order chi connectivity index (χ0) is 13.1. The van der Waals surface area contributed by atoms with E-state index in [4.69, 9.17) is 16.3 Å². The van der Waals surface area contributed by atoms with Gasteiger partial charge < -0.3 is 4.74 Å². The predicted octanol–water partition coefficient (Wildman–Crippen LogP) is 5.30. The molecule has 0 amide bonds. The first-order chi connectivity index (χ1) is 9.31. The van der Waals surface area contributed by atoms with E-state index in [1.165, 1.54) is 70.6 Å². The van der Waals surface area contributed by atoms with Gasteiger partial charge in [-0.2, -0.15) is 0 Å². The Hall–Kier alpha value is 0.250. The number of alkyl halides is 1. The van der Waals surface area contributed by atoms with Crippen molar-refractivity contribution in [2.75, 3.05) is 6.61 Å². The van der Waals surface area contributed by atoms with Crippen LogP contribution in [-0.4, -0.2) is 18.1 Å². The van der Waals surface area contributed by atoms with Crippen molar-refractivity contribution in [3.63, 3.8) is 0 Å². The first-order valence-corrected chi connectivity index (χ1v) is 9.00. The minimum absolute atomic E-state index is 0.354. The van der Waals surface area contributed by atoms with Crippen LogP contribution in [0, 0.1) is 11.3 Å². The van der Waals surface area contributed by atoms with E-state index in [1.807, 2.05) is 0 Å². The van der Waals surface area contributed by atoms with E-state index in [-0.39, 0.29) is 0 Å². The fourth-order valence-corrected chi connectivity index (χ4v) is 5.08. The summed E-state index contributed by atoms with van der Waals surface area (Å²) < 4.78 is 6.35. The molecule has 0 aromatic rings. The average Bonchev–Trinajstić information content (AvgIpc) is 2.72. The number of halogens is 1. The number of rotatable bonds is 3. The normalized spacial score (nSPS) is 35.8.